The van der Waals surface area contributed by atoms with Crippen LogP contribution in [-0.4, -0.2) is 79.7 Å². The lowest BCUT2D eigenvalue weighted by molar-refractivity contribution is -0.207. The van der Waals surface area contributed by atoms with Gasteiger partial charge in [0.15, 0.2) is 0 Å². The topological polar surface area (TPSA) is 138 Å². The summed E-state index contributed by atoms with van der Waals surface area (Å²) in [6.45, 7) is 5.48. The van der Waals surface area contributed by atoms with Crippen molar-refractivity contribution in [3.63, 3.8) is 0 Å². The summed E-state index contributed by atoms with van der Waals surface area (Å²) >= 11 is 0. The number of ether oxygens (including phenoxy) is 5. The first kappa shape index (κ1) is 22.0. The quantitative estimate of drug-likeness (QED) is 0.194. The molecule has 1 fully saturated rings. The highest BCUT2D eigenvalue weighted by atomic mass is 16.7. The van der Waals surface area contributed by atoms with Gasteiger partial charge in [0, 0.05) is 5.57 Å². The SMILES string of the molecule is C=C(C)C(=O)O[C@@]12C=C[C@@H](O1)[C@@H](C(=O)O)[C@H]2C(=O)OCCOCCOCCO. The highest BCUT2D eigenvalue weighted by Gasteiger charge is 2.65. The molecule has 0 aliphatic carbocycles. The van der Waals surface area contributed by atoms with E-state index in [1.807, 2.05) is 0 Å². The lowest BCUT2D eigenvalue weighted by atomic mass is 9.81. The van der Waals surface area contributed by atoms with Gasteiger partial charge in [0.25, 0.3) is 0 Å². The second kappa shape index (κ2) is 9.78. The molecule has 0 amide bonds. The zero-order chi connectivity index (χ0) is 20.7. The summed E-state index contributed by atoms with van der Waals surface area (Å²) in [6, 6.07) is 0. The molecule has 10 nitrogen and oxygen atoms in total. The Kier molecular flexibility index (Phi) is 7.69. The molecule has 2 N–H and O–H groups in total. The van der Waals surface area contributed by atoms with Crippen molar-refractivity contribution in [2.45, 2.75) is 18.8 Å². The van der Waals surface area contributed by atoms with Crippen LogP contribution < -0.4 is 0 Å². The van der Waals surface area contributed by atoms with Gasteiger partial charge in [-0.3, -0.25) is 9.59 Å². The van der Waals surface area contributed by atoms with Gasteiger partial charge in [0.1, 0.15) is 18.4 Å². The van der Waals surface area contributed by atoms with Gasteiger partial charge in [0.2, 0.25) is 5.79 Å². The van der Waals surface area contributed by atoms with E-state index in [9.17, 15) is 19.5 Å². The van der Waals surface area contributed by atoms with Crippen molar-refractivity contribution >= 4 is 17.9 Å². The molecule has 0 radical (unpaired) electrons. The van der Waals surface area contributed by atoms with Gasteiger partial charge in [0.05, 0.1) is 39.1 Å². The third kappa shape index (κ3) is 4.96. The maximum absolute atomic E-state index is 12.6. The summed E-state index contributed by atoms with van der Waals surface area (Å²) in [6.07, 6.45) is 1.90. The summed E-state index contributed by atoms with van der Waals surface area (Å²) in [7, 11) is 0. The molecule has 2 rings (SSSR count). The summed E-state index contributed by atoms with van der Waals surface area (Å²) in [5.74, 6) is -7.37. The zero-order valence-electron chi connectivity index (χ0n) is 15.5. The van der Waals surface area contributed by atoms with Crippen molar-refractivity contribution in [1.82, 2.24) is 0 Å². The summed E-state index contributed by atoms with van der Waals surface area (Å²) in [5, 5.41) is 18.1. The molecular weight excluding hydrogens is 376 g/mol. The smallest absolute Gasteiger partial charge is 0.335 e. The van der Waals surface area contributed by atoms with E-state index in [0.29, 0.717) is 0 Å². The minimum atomic E-state index is -1.83. The minimum Gasteiger partial charge on any atom is -0.481 e. The van der Waals surface area contributed by atoms with E-state index in [-0.39, 0.29) is 45.2 Å². The Balaban J connectivity index is 1.94. The Labute approximate surface area is 161 Å². The van der Waals surface area contributed by atoms with E-state index in [0.717, 1.165) is 0 Å². The van der Waals surface area contributed by atoms with Crippen LogP contribution in [0.1, 0.15) is 6.92 Å². The summed E-state index contributed by atoms with van der Waals surface area (Å²) in [4.78, 5) is 36.1. The van der Waals surface area contributed by atoms with Crippen molar-refractivity contribution < 1.29 is 48.3 Å². The predicted octanol–water partition coefficient (Wildman–Crippen LogP) is -0.344. The van der Waals surface area contributed by atoms with Crippen LogP contribution in [0, 0.1) is 11.8 Å². The number of carbonyl (C=O) groups excluding carboxylic acids is 2. The van der Waals surface area contributed by atoms with Gasteiger partial charge in [-0.2, -0.15) is 0 Å². The molecule has 28 heavy (non-hydrogen) atoms. The van der Waals surface area contributed by atoms with Gasteiger partial charge < -0.3 is 33.9 Å². The number of aliphatic hydroxyl groups is 1. The molecule has 0 saturated carbocycles. The summed E-state index contributed by atoms with van der Waals surface area (Å²) in [5.41, 5.74) is 0.0811. The Morgan fingerprint density at radius 1 is 1.14 bits per heavy atom. The fourth-order valence-corrected chi connectivity index (χ4v) is 2.96. The second-order valence-electron chi connectivity index (χ2n) is 6.29. The predicted molar refractivity (Wildman–Crippen MR) is 91.9 cm³/mol. The van der Waals surface area contributed by atoms with E-state index in [4.69, 9.17) is 28.8 Å². The first-order valence-corrected chi connectivity index (χ1v) is 8.74. The molecule has 0 spiro atoms. The highest BCUT2D eigenvalue weighted by Crippen LogP contribution is 2.48. The molecule has 156 valence electrons. The van der Waals surface area contributed by atoms with Crippen molar-refractivity contribution in [3.05, 3.63) is 24.3 Å². The van der Waals surface area contributed by atoms with Crippen LogP contribution in [0.25, 0.3) is 0 Å². The van der Waals surface area contributed by atoms with Crippen LogP contribution in [0.5, 0.6) is 0 Å². The largest absolute Gasteiger partial charge is 0.481 e. The van der Waals surface area contributed by atoms with E-state index >= 15 is 0 Å². The van der Waals surface area contributed by atoms with Crippen LogP contribution in [0.4, 0.5) is 0 Å². The third-order valence-corrected chi connectivity index (χ3v) is 4.20. The van der Waals surface area contributed by atoms with Gasteiger partial charge in [-0.15, -0.1) is 0 Å². The Bertz CT molecular complexity index is 642. The molecule has 10 heteroatoms. The van der Waals surface area contributed by atoms with E-state index in [2.05, 4.69) is 6.58 Å². The fraction of sp³-hybridized carbons (Fsp3) is 0.611. The molecule has 0 unspecified atom stereocenters. The van der Waals surface area contributed by atoms with Gasteiger partial charge in [-0.25, -0.2) is 4.79 Å². The molecule has 2 bridgehead atoms. The molecule has 2 heterocycles. The van der Waals surface area contributed by atoms with Crippen molar-refractivity contribution in [2.24, 2.45) is 11.8 Å². The Hall–Kier alpha value is -2.27. The number of hydrogen-bond donors (Lipinski definition) is 2. The van der Waals surface area contributed by atoms with E-state index in [1.54, 1.807) is 0 Å². The Morgan fingerprint density at radius 3 is 2.39 bits per heavy atom. The molecule has 1 saturated heterocycles. The summed E-state index contributed by atoms with van der Waals surface area (Å²) < 4.78 is 26.1. The molecular formula is C18H24O10. The number of esters is 2. The molecule has 2 aliphatic rings. The average molecular weight is 400 g/mol. The number of carboxylic acids is 1. The van der Waals surface area contributed by atoms with Crippen molar-refractivity contribution in [1.29, 1.82) is 0 Å². The second-order valence-corrected chi connectivity index (χ2v) is 6.29. The first-order chi connectivity index (χ1) is 13.3. The normalized spacial score (nSPS) is 27.6. The molecule has 0 aromatic carbocycles. The van der Waals surface area contributed by atoms with Crippen LogP contribution in [0.3, 0.4) is 0 Å². The third-order valence-electron chi connectivity index (χ3n) is 4.20. The van der Waals surface area contributed by atoms with Gasteiger partial charge in [-0.1, -0.05) is 12.7 Å². The van der Waals surface area contributed by atoms with Crippen LogP contribution in [-0.2, 0) is 38.1 Å². The number of aliphatic hydroxyl groups excluding tert-OH is 1. The van der Waals surface area contributed by atoms with E-state index in [1.165, 1.54) is 19.1 Å². The zero-order valence-corrected chi connectivity index (χ0v) is 15.5. The van der Waals surface area contributed by atoms with E-state index < -0.39 is 41.6 Å². The van der Waals surface area contributed by atoms with Crippen molar-refractivity contribution in [2.75, 3.05) is 39.6 Å². The monoisotopic (exact) mass is 400 g/mol. The molecule has 2 aliphatic heterocycles. The maximum atomic E-state index is 12.6. The highest BCUT2D eigenvalue weighted by molar-refractivity contribution is 5.89. The molecule has 0 aromatic rings. The van der Waals surface area contributed by atoms with Crippen LogP contribution >= 0.6 is 0 Å². The lowest BCUT2D eigenvalue weighted by Crippen LogP contribution is -2.47. The number of aliphatic carboxylic acids is 1. The average Bonchev–Trinajstić information content (AvgIpc) is 3.19. The minimum absolute atomic E-state index is 0.0668. The number of rotatable bonds is 12. The van der Waals surface area contributed by atoms with Crippen LogP contribution in [0.15, 0.2) is 24.3 Å². The molecule has 4 atom stereocenters. The standard InChI is InChI=1S/C18H24O10/c1-11(2)16(22)28-18-4-3-12(27-18)13(15(20)21)14(18)17(23)26-10-9-25-8-7-24-6-5-19/h3-4,12-14,19H,1,5-10H2,2H3,(H,20,21)/t12-,13-,14+,18-/m1/s1. The van der Waals surface area contributed by atoms with Gasteiger partial charge in [-0.05, 0) is 13.0 Å². The Morgan fingerprint density at radius 2 is 1.79 bits per heavy atom. The first-order valence-electron chi connectivity index (χ1n) is 8.74. The van der Waals surface area contributed by atoms with Crippen molar-refractivity contribution in [3.8, 4) is 0 Å². The number of carbonyl (C=O) groups is 3. The number of hydrogen-bond acceptors (Lipinski definition) is 9. The van der Waals surface area contributed by atoms with Crippen LogP contribution in [0.2, 0.25) is 0 Å². The molecule has 0 aromatic heterocycles. The maximum Gasteiger partial charge on any atom is 0.335 e. The number of fused-ring (bicyclic) bond motifs is 2. The fourth-order valence-electron chi connectivity index (χ4n) is 2.96. The van der Waals surface area contributed by atoms with Gasteiger partial charge >= 0.3 is 17.9 Å². The lowest BCUT2D eigenvalue weighted by Gasteiger charge is -2.30. The number of carboxylic acid groups (broad SMARTS) is 1.